The first-order valence-corrected chi connectivity index (χ1v) is 9.42. The van der Waals surface area contributed by atoms with Crippen molar-refractivity contribution in [2.75, 3.05) is 11.9 Å². The lowest BCUT2D eigenvalue weighted by Gasteiger charge is -2.07. The summed E-state index contributed by atoms with van der Waals surface area (Å²) in [5.41, 5.74) is 2.79. The first-order chi connectivity index (χ1) is 13.4. The van der Waals surface area contributed by atoms with Crippen LogP contribution in [0.1, 0.15) is 21.7 Å². The molecule has 7 nitrogen and oxygen atoms in total. The van der Waals surface area contributed by atoms with E-state index < -0.39 is 4.92 Å². The molecule has 8 heteroatoms. The quantitative estimate of drug-likeness (QED) is 0.474. The van der Waals surface area contributed by atoms with Crippen molar-refractivity contribution in [3.63, 3.8) is 0 Å². The monoisotopic (exact) mass is 397 g/mol. The molecule has 0 bridgehead atoms. The number of hydrogen-bond donors (Lipinski definition) is 1. The van der Waals surface area contributed by atoms with Crippen molar-refractivity contribution in [3.8, 4) is 5.75 Å². The number of nitro groups is 1. The second kappa shape index (κ2) is 8.62. The summed E-state index contributed by atoms with van der Waals surface area (Å²) >= 11 is 1.39. The summed E-state index contributed by atoms with van der Waals surface area (Å²) in [5, 5.41) is 14.0. The van der Waals surface area contributed by atoms with Crippen molar-refractivity contribution in [2.24, 2.45) is 0 Å². The zero-order valence-electron chi connectivity index (χ0n) is 15.5. The SMILES string of the molecule is Cc1ccccc1OCC(=O)Nc1nc(C)c(Cc2ccc([N+](=O)[O-])cc2)s1. The number of rotatable bonds is 7. The molecule has 0 spiro atoms. The number of nitrogens with one attached hydrogen (secondary N) is 1. The van der Waals surface area contributed by atoms with Crippen LogP contribution < -0.4 is 10.1 Å². The van der Waals surface area contributed by atoms with Crippen molar-refractivity contribution in [1.82, 2.24) is 4.98 Å². The summed E-state index contributed by atoms with van der Waals surface area (Å²) in [6, 6.07) is 13.9. The van der Waals surface area contributed by atoms with E-state index in [9.17, 15) is 14.9 Å². The van der Waals surface area contributed by atoms with Gasteiger partial charge in [0.2, 0.25) is 0 Å². The van der Waals surface area contributed by atoms with E-state index in [4.69, 9.17) is 4.74 Å². The van der Waals surface area contributed by atoms with Crippen LogP contribution in [0.2, 0.25) is 0 Å². The third-order valence-electron chi connectivity index (χ3n) is 4.10. The number of hydrogen-bond acceptors (Lipinski definition) is 6. The van der Waals surface area contributed by atoms with E-state index in [1.807, 2.05) is 38.1 Å². The van der Waals surface area contributed by atoms with Gasteiger partial charge in [0, 0.05) is 23.4 Å². The molecule has 28 heavy (non-hydrogen) atoms. The number of nitrogens with zero attached hydrogens (tertiary/aromatic N) is 2. The number of carbonyl (C=O) groups is 1. The van der Waals surface area contributed by atoms with Crippen LogP contribution in [0.25, 0.3) is 0 Å². The number of thiazole rings is 1. The molecule has 0 fully saturated rings. The Balaban J connectivity index is 1.59. The molecular weight excluding hydrogens is 378 g/mol. The van der Waals surface area contributed by atoms with Crippen molar-refractivity contribution >= 4 is 28.1 Å². The summed E-state index contributed by atoms with van der Waals surface area (Å²) in [6.07, 6.45) is 0.594. The zero-order valence-corrected chi connectivity index (χ0v) is 16.3. The largest absolute Gasteiger partial charge is 0.483 e. The standard InChI is InChI=1S/C20H19N3O4S/c1-13-5-3-4-6-17(13)27-12-19(24)22-20-21-14(2)18(28-20)11-15-7-9-16(10-8-15)23(25)26/h3-10H,11-12H2,1-2H3,(H,21,22,24). The summed E-state index contributed by atoms with van der Waals surface area (Å²) in [6.45, 7) is 3.69. The summed E-state index contributed by atoms with van der Waals surface area (Å²) in [4.78, 5) is 27.8. The third-order valence-corrected chi connectivity index (χ3v) is 5.18. The van der Waals surface area contributed by atoms with Crippen LogP contribution in [0.3, 0.4) is 0 Å². The van der Waals surface area contributed by atoms with Gasteiger partial charge in [-0.2, -0.15) is 0 Å². The topological polar surface area (TPSA) is 94.4 Å². The minimum Gasteiger partial charge on any atom is -0.483 e. The Labute approximate surface area is 166 Å². The Morgan fingerprint density at radius 2 is 1.89 bits per heavy atom. The number of aryl methyl sites for hydroxylation is 2. The number of nitro benzene ring substituents is 1. The maximum atomic E-state index is 12.1. The highest BCUT2D eigenvalue weighted by Gasteiger charge is 2.13. The normalized spacial score (nSPS) is 10.5. The highest BCUT2D eigenvalue weighted by atomic mass is 32.1. The number of amides is 1. The molecule has 144 valence electrons. The minimum atomic E-state index is -0.422. The predicted octanol–water partition coefficient (Wildman–Crippen LogP) is 4.28. The molecule has 0 aliphatic heterocycles. The van der Waals surface area contributed by atoms with Gasteiger partial charge in [0.05, 0.1) is 10.6 Å². The maximum absolute atomic E-state index is 12.1. The van der Waals surface area contributed by atoms with E-state index in [0.29, 0.717) is 17.3 Å². The average molecular weight is 397 g/mol. The van der Waals surface area contributed by atoms with Crippen LogP contribution in [-0.4, -0.2) is 22.4 Å². The molecule has 0 radical (unpaired) electrons. The lowest BCUT2D eigenvalue weighted by atomic mass is 10.1. The van der Waals surface area contributed by atoms with Crippen LogP contribution >= 0.6 is 11.3 Å². The summed E-state index contributed by atoms with van der Waals surface area (Å²) in [5.74, 6) is 0.394. The molecule has 1 aromatic heterocycles. The van der Waals surface area contributed by atoms with Gasteiger partial charge < -0.3 is 4.74 Å². The number of ether oxygens (including phenoxy) is 1. The fourth-order valence-corrected chi connectivity index (χ4v) is 3.60. The van der Waals surface area contributed by atoms with E-state index in [0.717, 1.165) is 21.7 Å². The lowest BCUT2D eigenvalue weighted by molar-refractivity contribution is -0.384. The van der Waals surface area contributed by atoms with E-state index >= 15 is 0 Å². The molecule has 0 saturated heterocycles. The maximum Gasteiger partial charge on any atom is 0.269 e. The summed E-state index contributed by atoms with van der Waals surface area (Å²) < 4.78 is 5.54. The molecule has 3 rings (SSSR count). The third kappa shape index (κ3) is 4.92. The number of benzene rings is 2. The van der Waals surface area contributed by atoms with Gasteiger partial charge in [-0.25, -0.2) is 4.98 Å². The molecule has 1 heterocycles. The molecule has 1 amide bonds. The van der Waals surface area contributed by atoms with Crippen LogP contribution in [0.5, 0.6) is 5.75 Å². The molecule has 0 atom stereocenters. The Morgan fingerprint density at radius 3 is 2.57 bits per heavy atom. The van der Waals surface area contributed by atoms with E-state index in [-0.39, 0.29) is 18.2 Å². The molecule has 3 aromatic rings. The Morgan fingerprint density at radius 1 is 1.18 bits per heavy atom. The van der Waals surface area contributed by atoms with Crippen molar-refractivity contribution in [3.05, 3.63) is 80.3 Å². The molecule has 1 N–H and O–H groups in total. The second-order valence-corrected chi connectivity index (χ2v) is 7.31. The fourth-order valence-electron chi connectivity index (χ4n) is 2.58. The minimum absolute atomic E-state index is 0.0615. The van der Waals surface area contributed by atoms with Crippen molar-refractivity contribution in [2.45, 2.75) is 20.3 Å². The molecule has 0 unspecified atom stereocenters. The second-order valence-electron chi connectivity index (χ2n) is 6.23. The van der Waals surface area contributed by atoms with Gasteiger partial charge in [0.15, 0.2) is 11.7 Å². The van der Waals surface area contributed by atoms with Crippen LogP contribution in [0, 0.1) is 24.0 Å². The Kier molecular flexibility index (Phi) is 6.00. The Bertz CT molecular complexity index is 999. The van der Waals surface area contributed by atoms with Gasteiger partial charge in [-0.3, -0.25) is 20.2 Å². The lowest BCUT2D eigenvalue weighted by Crippen LogP contribution is -2.20. The fraction of sp³-hybridized carbons (Fsp3) is 0.200. The van der Waals surface area contributed by atoms with Crippen LogP contribution in [0.15, 0.2) is 48.5 Å². The highest BCUT2D eigenvalue weighted by molar-refractivity contribution is 7.15. The van der Waals surface area contributed by atoms with Gasteiger partial charge in [0.1, 0.15) is 5.75 Å². The number of aromatic nitrogens is 1. The molecule has 2 aromatic carbocycles. The van der Waals surface area contributed by atoms with E-state index in [1.165, 1.54) is 23.5 Å². The predicted molar refractivity (Wildman–Crippen MR) is 108 cm³/mol. The smallest absolute Gasteiger partial charge is 0.269 e. The van der Waals surface area contributed by atoms with Gasteiger partial charge in [0.25, 0.3) is 11.6 Å². The molecular formula is C20H19N3O4S. The number of para-hydroxylation sites is 1. The van der Waals surface area contributed by atoms with Crippen molar-refractivity contribution < 1.29 is 14.5 Å². The van der Waals surface area contributed by atoms with Crippen LogP contribution in [-0.2, 0) is 11.2 Å². The summed E-state index contributed by atoms with van der Waals surface area (Å²) in [7, 11) is 0. The average Bonchev–Trinajstić information content (AvgIpc) is 3.00. The number of non-ortho nitro benzene ring substituents is 1. The first kappa shape index (κ1) is 19.5. The molecule has 0 aliphatic rings. The van der Waals surface area contributed by atoms with E-state index in [1.54, 1.807) is 12.1 Å². The first-order valence-electron chi connectivity index (χ1n) is 8.60. The number of anilines is 1. The van der Waals surface area contributed by atoms with Gasteiger partial charge in [-0.05, 0) is 31.0 Å². The van der Waals surface area contributed by atoms with E-state index in [2.05, 4.69) is 10.3 Å². The molecule has 0 aliphatic carbocycles. The molecule has 0 saturated carbocycles. The van der Waals surface area contributed by atoms with Crippen LogP contribution in [0.4, 0.5) is 10.8 Å². The van der Waals surface area contributed by atoms with Crippen molar-refractivity contribution in [1.29, 1.82) is 0 Å². The van der Waals surface area contributed by atoms with Gasteiger partial charge in [-0.15, -0.1) is 11.3 Å². The number of carbonyl (C=O) groups excluding carboxylic acids is 1. The highest BCUT2D eigenvalue weighted by Crippen LogP contribution is 2.26. The Hall–Kier alpha value is -3.26. The van der Waals surface area contributed by atoms with Gasteiger partial charge >= 0.3 is 0 Å². The van der Waals surface area contributed by atoms with Gasteiger partial charge in [-0.1, -0.05) is 30.3 Å². The zero-order chi connectivity index (χ0) is 20.1.